The van der Waals surface area contributed by atoms with Gasteiger partial charge in [0.05, 0.1) is 39.9 Å². The van der Waals surface area contributed by atoms with Crippen LogP contribution in [0.1, 0.15) is 258 Å². The summed E-state index contributed by atoms with van der Waals surface area (Å²) in [6, 6.07) is -0.919. The van der Waals surface area contributed by atoms with Gasteiger partial charge in [-0.3, -0.25) is 9.36 Å². The molecule has 8 nitrogen and oxygen atoms in total. The molecular weight excluding hydrogens is 960 g/mol. The second kappa shape index (κ2) is 56.9. The lowest BCUT2D eigenvalue weighted by molar-refractivity contribution is -0.870. The molecule has 0 rings (SSSR count). The van der Waals surface area contributed by atoms with Crippen LogP contribution in [0.25, 0.3) is 0 Å². The highest BCUT2D eigenvalue weighted by Gasteiger charge is 2.23. The van der Waals surface area contributed by atoms with E-state index in [1.165, 1.54) is 154 Å². The van der Waals surface area contributed by atoms with Crippen molar-refractivity contribution in [3.05, 3.63) is 109 Å². The normalized spacial score (nSPS) is 14.6. The van der Waals surface area contributed by atoms with Crippen molar-refractivity contribution in [1.82, 2.24) is 5.32 Å². The molecular formula is C67H119N2O6P. The molecule has 0 aliphatic carbocycles. The van der Waals surface area contributed by atoms with Gasteiger partial charge in [-0.05, 0) is 96.3 Å². The highest BCUT2D eigenvalue weighted by molar-refractivity contribution is 7.45. The molecule has 0 bridgehead atoms. The van der Waals surface area contributed by atoms with Gasteiger partial charge in [0.1, 0.15) is 13.2 Å². The molecule has 76 heavy (non-hydrogen) atoms. The number of unbranched alkanes of at least 4 members (excludes halogenated alkanes) is 27. The van der Waals surface area contributed by atoms with Crippen molar-refractivity contribution in [3.8, 4) is 0 Å². The van der Waals surface area contributed by atoms with E-state index < -0.39 is 26.6 Å². The van der Waals surface area contributed by atoms with Crippen LogP contribution in [0.15, 0.2) is 109 Å². The van der Waals surface area contributed by atoms with Crippen LogP contribution in [-0.2, 0) is 18.4 Å². The molecule has 0 fully saturated rings. The van der Waals surface area contributed by atoms with Crippen molar-refractivity contribution in [2.75, 3.05) is 40.9 Å². The minimum Gasteiger partial charge on any atom is -0.756 e. The molecule has 0 aromatic rings. The van der Waals surface area contributed by atoms with Crippen LogP contribution in [0.5, 0.6) is 0 Å². The molecule has 438 valence electrons. The number of nitrogens with zero attached hydrogens (tertiary/aromatic N) is 1. The number of hydrogen-bond acceptors (Lipinski definition) is 6. The predicted octanol–water partition coefficient (Wildman–Crippen LogP) is 18.9. The minimum absolute atomic E-state index is 0.0140. The van der Waals surface area contributed by atoms with Gasteiger partial charge in [-0.25, -0.2) is 0 Å². The van der Waals surface area contributed by atoms with Gasteiger partial charge in [-0.1, -0.05) is 264 Å². The summed E-state index contributed by atoms with van der Waals surface area (Å²) in [5.41, 5.74) is 0. The van der Waals surface area contributed by atoms with E-state index in [1.54, 1.807) is 6.08 Å². The van der Waals surface area contributed by atoms with E-state index in [0.717, 1.165) is 83.5 Å². The summed E-state index contributed by atoms with van der Waals surface area (Å²) in [7, 11) is 1.22. The molecule has 2 N–H and O–H groups in total. The van der Waals surface area contributed by atoms with Crippen molar-refractivity contribution < 1.29 is 32.9 Å². The summed E-state index contributed by atoms with van der Waals surface area (Å²) in [6.07, 6.45) is 83.2. The van der Waals surface area contributed by atoms with Crippen molar-refractivity contribution in [3.63, 3.8) is 0 Å². The predicted molar refractivity (Wildman–Crippen MR) is 329 cm³/mol. The summed E-state index contributed by atoms with van der Waals surface area (Å²) in [5.74, 6) is -0.216. The molecule has 0 saturated heterocycles. The number of nitrogens with one attached hydrogen (secondary N) is 1. The number of amides is 1. The molecule has 3 unspecified atom stereocenters. The first kappa shape index (κ1) is 73.2. The number of rotatable bonds is 56. The lowest BCUT2D eigenvalue weighted by Crippen LogP contribution is -2.45. The van der Waals surface area contributed by atoms with Gasteiger partial charge < -0.3 is 28.8 Å². The Balaban J connectivity index is 4.23. The van der Waals surface area contributed by atoms with Gasteiger partial charge in [0.2, 0.25) is 5.91 Å². The monoisotopic (exact) mass is 1080 g/mol. The number of aliphatic hydroxyl groups excluding tert-OH is 1. The third-order valence-electron chi connectivity index (χ3n) is 13.4. The Labute approximate surface area is 470 Å². The van der Waals surface area contributed by atoms with Crippen molar-refractivity contribution in [2.45, 2.75) is 270 Å². The largest absolute Gasteiger partial charge is 0.756 e. The summed E-state index contributed by atoms with van der Waals surface area (Å²) in [5, 5.41) is 13.9. The minimum atomic E-state index is -4.62. The first-order valence-corrected chi connectivity index (χ1v) is 32.7. The second-order valence-electron chi connectivity index (χ2n) is 22.0. The van der Waals surface area contributed by atoms with Gasteiger partial charge >= 0.3 is 0 Å². The van der Waals surface area contributed by atoms with Gasteiger partial charge in [-0.15, -0.1) is 0 Å². The zero-order valence-electron chi connectivity index (χ0n) is 49.9. The molecule has 0 aromatic carbocycles. The smallest absolute Gasteiger partial charge is 0.268 e. The maximum atomic E-state index is 13.0. The molecule has 9 heteroatoms. The molecule has 0 aromatic heterocycles. The van der Waals surface area contributed by atoms with E-state index in [-0.39, 0.29) is 12.5 Å². The van der Waals surface area contributed by atoms with E-state index in [0.29, 0.717) is 17.4 Å². The van der Waals surface area contributed by atoms with Crippen LogP contribution < -0.4 is 10.2 Å². The Morgan fingerprint density at radius 1 is 0.474 bits per heavy atom. The fourth-order valence-electron chi connectivity index (χ4n) is 8.60. The van der Waals surface area contributed by atoms with Crippen LogP contribution in [0, 0.1) is 0 Å². The summed E-state index contributed by atoms with van der Waals surface area (Å²) < 4.78 is 23.4. The Hall–Kier alpha value is -2.84. The zero-order valence-corrected chi connectivity index (χ0v) is 50.8. The van der Waals surface area contributed by atoms with Gasteiger partial charge in [-0.2, -0.15) is 0 Å². The van der Waals surface area contributed by atoms with Crippen LogP contribution in [0.3, 0.4) is 0 Å². The quantitative estimate of drug-likeness (QED) is 0.0272. The Morgan fingerprint density at radius 3 is 1.22 bits per heavy atom. The van der Waals surface area contributed by atoms with E-state index in [4.69, 9.17) is 9.05 Å². The average Bonchev–Trinajstić information content (AvgIpc) is 3.38. The maximum Gasteiger partial charge on any atom is 0.268 e. The molecule has 0 radical (unpaired) electrons. The SMILES string of the molecule is CC/C=C\C/C=C\C/C=C\C/C=C\C/C=C\C/C=C\CCCCCCCCCCCCCCC(=O)NC(COP(=O)([O-])OCC[N+](C)(C)C)C(O)/C=C/CC/C=C/CC/C=C/CCCCCCCCCCCCCCC. The van der Waals surface area contributed by atoms with E-state index >= 15 is 0 Å². The van der Waals surface area contributed by atoms with Crippen molar-refractivity contribution in [1.29, 1.82) is 0 Å². The standard InChI is InChI=1S/C67H119N2O6P/c1-6-8-10-12-14-16-18-20-22-24-26-28-30-31-32-33-34-35-36-37-39-41-43-45-47-49-51-53-55-57-59-61-67(71)68-65(64-75-76(72,73)74-63-62-69(3,4)5)66(70)60-58-56-54-52-50-48-46-44-42-40-38-29-27-25-23-21-19-17-15-13-11-9-7-2/h8,10,14,16,20,22,26,28,31-32,34-35,42,44,50,52,58,60,65-66,70H,6-7,9,11-13,15,17-19,21,23-25,27,29-30,33,36-41,43,45-49,51,53-57,59,61-64H2,1-5H3,(H-,68,71,72,73)/b10-8-,16-14-,22-20-,28-26-,32-31-,35-34-,44-42+,52-50+,60-58+. The van der Waals surface area contributed by atoms with E-state index in [2.05, 4.69) is 116 Å². The summed E-state index contributed by atoms with van der Waals surface area (Å²) >= 11 is 0. The number of carbonyl (C=O) groups is 1. The number of quaternary nitrogens is 1. The van der Waals surface area contributed by atoms with E-state index in [1.807, 2.05) is 27.2 Å². The van der Waals surface area contributed by atoms with Crippen molar-refractivity contribution in [2.24, 2.45) is 0 Å². The van der Waals surface area contributed by atoms with Crippen LogP contribution in [0.4, 0.5) is 0 Å². The van der Waals surface area contributed by atoms with Crippen LogP contribution in [0.2, 0.25) is 0 Å². The lowest BCUT2D eigenvalue weighted by atomic mass is 10.0. The molecule has 1 amide bonds. The number of carbonyl (C=O) groups excluding carboxylic acids is 1. The average molecular weight is 1080 g/mol. The summed E-state index contributed by atoms with van der Waals surface area (Å²) in [6.45, 7) is 4.51. The highest BCUT2D eigenvalue weighted by Crippen LogP contribution is 2.38. The summed E-state index contributed by atoms with van der Waals surface area (Å²) in [4.78, 5) is 25.6. The van der Waals surface area contributed by atoms with Crippen LogP contribution in [-0.4, -0.2) is 68.5 Å². The third kappa shape index (κ3) is 58.8. The highest BCUT2D eigenvalue weighted by atomic mass is 31.2. The fraction of sp³-hybridized carbons (Fsp3) is 0.716. The molecule has 3 atom stereocenters. The van der Waals surface area contributed by atoms with Gasteiger partial charge in [0.15, 0.2) is 0 Å². The first-order valence-electron chi connectivity index (χ1n) is 31.2. The number of likely N-dealkylation sites (N-methyl/N-ethyl adjacent to an activating group) is 1. The number of hydrogen-bond donors (Lipinski definition) is 2. The number of phosphoric ester groups is 1. The van der Waals surface area contributed by atoms with Gasteiger partial charge in [0.25, 0.3) is 7.82 Å². The third-order valence-corrected chi connectivity index (χ3v) is 14.4. The molecule has 0 saturated carbocycles. The lowest BCUT2D eigenvalue weighted by Gasteiger charge is -2.29. The van der Waals surface area contributed by atoms with Crippen molar-refractivity contribution >= 4 is 13.7 Å². The number of allylic oxidation sites excluding steroid dienone is 17. The number of phosphoric acid groups is 1. The number of aliphatic hydroxyl groups is 1. The molecule has 0 aliphatic rings. The fourth-order valence-corrected chi connectivity index (χ4v) is 9.32. The zero-order chi connectivity index (χ0) is 55.6. The second-order valence-corrected chi connectivity index (χ2v) is 23.4. The molecule has 0 spiro atoms. The van der Waals surface area contributed by atoms with E-state index in [9.17, 15) is 19.4 Å². The molecule has 0 heterocycles. The van der Waals surface area contributed by atoms with Gasteiger partial charge in [0, 0.05) is 6.42 Å². The Bertz CT molecular complexity index is 1600. The topological polar surface area (TPSA) is 108 Å². The first-order chi connectivity index (χ1) is 37.0. The molecule has 0 aliphatic heterocycles. The Morgan fingerprint density at radius 2 is 0.816 bits per heavy atom. The Kier molecular flexibility index (Phi) is 54.7. The maximum absolute atomic E-state index is 13.0. The van der Waals surface area contributed by atoms with Crippen LogP contribution >= 0.6 is 7.82 Å².